The molecular weight excluding hydrogens is 312 g/mol. The van der Waals surface area contributed by atoms with Gasteiger partial charge in [-0.3, -0.25) is 14.9 Å². The lowest BCUT2D eigenvalue weighted by atomic mass is 10.2. The molecular formula is C13H13ClN4O4. The standard InChI is InChI=1S/C13H13ClN4O4/c1-22-5-4-16-8-9(7-15)13(19)17-10-2-3-11(14)12(6-10)18(20)21/h2-3,6,8,16H,4-5H2,1H3,(H,17,19)/b9-8-. The van der Waals surface area contributed by atoms with E-state index >= 15 is 0 Å². The van der Waals surface area contributed by atoms with Gasteiger partial charge in [-0.05, 0) is 12.1 Å². The first kappa shape index (κ1) is 17.4. The lowest BCUT2D eigenvalue weighted by molar-refractivity contribution is -0.384. The molecule has 2 N–H and O–H groups in total. The predicted octanol–water partition coefficient (Wildman–Crippen LogP) is 1.83. The summed E-state index contributed by atoms with van der Waals surface area (Å²) in [4.78, 5) is 22.0. The van der Waals surface area contributed by atoms with Crippen molar-refractivity contribution < 1.29 is 14.5 Å². The summed E-state index contributed by atoms with van der Waals surface area (Å²) < 4.78 is 4.81. The van der Waals surface area contributed by atoms with Crippen molar-refractivity contribution in [3.63, 3.8) is 0 Å². The van der Waals surface area contributed by atoms with E-state index in [9.17, 15) is 14.9 Å². The molecule has 0 saturated heterocycles. The largest absolute Gasteiger partial charge is 0.387 e. The lowest BCUT2D eigenvalue weighted by Crippen LogP contribution is -2.18. The van der Waals surface area contributed by atoms with Gasteiger partial charge >= 0.3 is 0 Å². The van der Waals surface area contributed by atoms with Crippen molar-refractivity contribution in [2.75, 3.05) is 25.6 Å². The molecule has 1 aromatic carbocycles. The van der Waals surface area contributed by atoms with Crippen LogP contribution in [0.4, 0.5) is 11.4 Å². The van der Waals surface area contributed by atoms with Gasteiger partial charge in [-0.2, -0.15) is 5.26 Å². The van der Waals surface area contributed by atoms with Crippen molar-refractivity contribution in [2.45, 2.75) is 0 Å². The van der Waals surface area contributed by atoms with Crippen LogP contribution in [-0.2, 0) is 9.53 Å². The van der Waals surface area contributed by atoms with Crippen LogP contribution in [0.3, 0.4) is 0 Å². The molecule has 0 atom stereocenters. The van der Waals surface area contributed by atoms with Crippen molar-refractivity contribution in [2.24, 2.45) is 0 Å². The molecule has 0 aliphatic rings. The average molecular weight is 325 g/mol. The molecule has 0 aliphatic heterocycles. The maximum absolute atomic E-state index is 11.9. The number of nitriles is 1. The topological polar surface area (TPSA) is 117 Å². The minimum absolute atomic E-state index is 0.0414. The molecule has 0 saturated carbocycles. The van der Waals surface area contributed by atoms with E-state index in [0.29, 0.717) is 13.2 Å². The third kappa shape index (κ3) is 5.05. The van der Waals surface area contributed by atoms with Gasteiger partial charge in [0.15, 0.2) is 0 Å². The number of benzene rings is 1. The van der Waals surface area contributed by atoms with Crippen molar-refractivity contribution in [1.82, 2.24) is 5.32 Å². The normalized spacial score (nSPS) is 10.7. The fraction of sp³-hybridized carbons (Fsp3) is 0.231. The minimum atomic E-state index is -0.691. The number of hydrogen-bond donors (Lipinski definition) is 2. The quantitative estimate of drug-likeness (QED) is 0.260. The number of nitro benzene ring substituents is 1. The van der Waals surface area contributed by atoms with Crippen LogP contribution in [0.2, 0.25) is 5.02 Å². The molecule has 1 rings (SSSR count). The van der Waals surface area contributed by atoms with E-state index in [1.165, 1.54) is 25.4 Å². The summed E-state index contributed by atoms with van der Waals surface area (Å²) in [6.07, 6.45) is 1.25. The number of nitrogens with zero attached hydrogens (tertiary/aromatic N) is 2. The van der Waals surface area contributed by atoms with Gasteiger partial charge in [0, 0.05) is 31.6 Å². The van der Waals surface area contributed by atoms with Gasteiger partial charge in [0.05, 0.1) is 11.5 Å². The van der Waals surface area contributed by atoms with Crippen LogP contribution in [0.5, 0.6) is 0 Å². The smallest absolute Gasteiger partial charge is 0.289 e. The molecule has 0 spiro atoms. The number of anilines is 1. The molecule has 0 radical (unpaired) electrons. The summed E-state index contributed by atoms with van der Waals surface area (Å²) in [7, 11) is 1.52. The summed E-state index contributed by atoms with van der Waals surface area (Å²) >= 11 is 5.68. The highest BCUT2D eigenvalue weighted by Crippen LogP contribution is 2.27. The molecule has 22 heavy (non-hydrogen) atoms. The molecule has 0 fully saturated rings. The van der Waals surface area contributed by atoms with Gasteiger partial charge in [0.25, 0.3) is 11.6 Å². The van der Waals surface area contributed by atoms with E-state index in [1.807, 2.05) is 0 Å². The van der Waals surface area contributed by atoms with Crippen LogP contribution in [0.15, 0.2) is 30.0 Å². The summed E-state index contributed by atoms with van der Waals surface area (Å²) in [5.41, 5.74) is -0.340. The van der Waals surface area contributed by atoms with E-state index in [-0.39, 0.29) is 22.0 Å². The Labute approximate surface area is 131 Å². The lowest BCUT2D eigenvalue weighted by Gasteiger charge is -2.05. The number of carbonyl (C=O) groups excluding carboxylic acids is 1. The highest BCUT2D eigenvalue weighted by atomic mass is 35.5. The second kappa shape index (κ2) is 8.61. The number of methoxy groups -OCH3 is 1. The number of amides is 1. The SMILES string of the molecule is COCCN/C=C(/C#N)C(=O)Nc1ccc(Cl)c([N+](=O)[O-])c1. The second-order valence-corrected chi connectivity index (χ2v) is 4.40. The zero-order valence-corrected chi connectivity index (χ0v) is 12.4. The van der Waals surface area contributed by atoms with E-state index in [1.54, 1.807) is 6.07 Å². The first-order valence-electron chi connectivity index (χ1n) is 6.07. The van der Waals surface area contributed by atoms with Gasteiger partial charge in [0.1, 0.15) is 16.7 Å². The number of rotatable bonds is 7. The van der Waals surface area contributed by atoms with E-state index < -0.39 is 10.8 Å². The first-order chi connectivity index (χ1) is 10.5. The Morgan fingerprint density at radius 1 is 1.59 bits per heavy atom. The highest BCUT2D eigenvalue weighted by molar-refractivity contribution is 6.32. The Hall–Kier alpha value is -2.63. The van der Waals surface area contributed by atoms with E-state index in [2.05, 4.69) is 10.6 Å². The number of carbonyl (C=O) groups is 1. The van der Waals surface area contributed by atoms with Crippen molar-refractivity contribution in [3.8, 4) is 6.07 Å². The van der Waals surface area contributed by atoms with Gasteiger partial charge in [0.2, 0.25) is 0 Å². The van der Waals surface area contributed by atoms with Crippen LogP contribution in [0.25, 0.3) is 0 Å². The Bertz CT molecular complexity index is 639. The fourth-order valence-corrected chi connectivity index (χ4v) is 1.60. The number of halogens is 1. The van der Waals surface area contributed by atoms with Gasteiger partial charge in [-0.1, -0.05) is 11.6 Å². The maximum atomic E-state index is 11.9. The monoisotopic (exact) mass is 324 g/mol. The minimum Gasteiger partial charge on any atom is -0.387 e. The number of nitrogens with one attached hydrogen (secondary N) is 2. The van der Waals surface area contributed by atoms with Crippen LogP contribution >= 0.6 is 11.6 Å². The van der Waals surface area contributed by atoms with Gasteiger partial charge in [-0.15, -0.1) is 0 Å². The Morgan fingerprint density at radius 3 is 2.91 bits per heavy atom. The predicted molar refractivity (Wildman–Crippen MR) is 80.3 cm³/mol. The molecule has 9 heteroatoms. The molecule has 0 unspecified atom stereocenters. The first-order valence-corrected chi connectivity index (χ1v) is 6.45. The van der Waals surface area contributed by atoms with Crippen molar-refractivity contribution >= 4 is 28.9 Å². The summed E-state index contributed by atoms with van der Waals surface area (Å²) in [5.74, 6) is -0.691. The molecule has 0 aromatic heterocycles. The molecule has 116 valence electrons. The Balaban J connectivity index is 2.81. The summed E-state index contributed by atoms with van der Waals surface area (Å²) in [6, 6.07) is 5.55. The molecule has 0 heterocycles. The van der Waals surface area contributed by atoms with Gasteiger partial charge in [-0.25, -0.2) is 0 Å². The maximum Gasteiger partial charge on any atom is 0.289 e. The van der Waals surface area contributed by atoms with Crippen molar-refractivity contribution in [3.05, 3.63) is 45.1 Å². The second-order valence-electron chi connectivity index (χ2n) is 3.99. The fourth-order valence-electron chi connectivity index (χ4n) is 1.41. The van der Waals surface area contributed by atoms with Crippen molar-refractivity contribution in [1.29, 1.82) is 5.26 Å². The Kier molecular flexibility index (Phi) is 6.82. The summed E-state index contributed by atoms with van der Waals surface area (Å²) in [6.45, 7) is 0.849. The molecule has 8 nitrogen and oxygen atoms in total. The van der Waals surface area contributed by atoms with Crippen LogP contribution < -0.4 is 10.6 Å². The van der Waals surface area contributed by atoms with E-state index in [4.69, 9.17) is 21.6 Å². The molecule has 1 amide bonds. The molecule has 0 aliphatic carbocycles. The number of nitro groups is 1. The Morgan fingerprint density at radius 2 is 2.32 bits per heavy atom. The summed E-state index contributed by atoms with van der Waals surface area (Å²) in [5, 5.41) is 24.8. The third-order valence-electron chi connectivity index (χ3n) is 2.46. The highest BCUT2D eigenvalue weighted by Gasteiger charge is 2.15. The zero-order valence-electron chi connectivity index (χ0n) is 11.6. The van der Waals surface area contributed by atoms with Crippen LogP contribution in [-0.4, -0.2) is 31.1 Å². The average Bonchev–Trinajstić information content (AvgIpc) is 2.49. The molecule has 0 bridgehead atoms. The zero-order chi connectivity index (χ0) is 16.5. The number of ether oxygens (including phenoxy) is 1. The number of hydrogen-bond acceptors (Lipinski definition) is 6. The van der Waals surface area contributed by atoms with Crippen LogP contribution in [0, 0.1) is 21.4 Å². The molecule has 1 aromatic rings. The van der Waals surface area contributed by atoms with E-state index in [0.717, 1.165) is 6.07 Å². The third-order valence-corrected chi connectivity index (χ3v) is 2.78. The van der Waals surface area contributed by atoms with Crippen LogP contribution in [0.1, 0.15) is 0 Å². The van der Waals surface area contributed by atoms with Gasteiger partial charge < -0.3 is 15.4 Å².